The van der Waals surface area contributed by atoms with Crippen LogP contribution in [0.2, 0.25) is 5.02 Å². The smallest absolute Gasteiger partial charge is 0.192 e. The Morgan fingerprint density at radius 1 is 1.20 bits per heavy atom. The minimum atomic E-state index is 0.0205. The van der Waals surface area contributed by atoms with Crippen LogP contribution in [0.3, 0.4) is 0 Å². The van der Waals surface area contributed by atoms with E-state index >= 15 is 0 Å². The summed E-state index contributed by atoms with van der Waals surface area (Å²) in [5, 5.41) is 10.9. The van der Waals surface area contributed by atoms with Gasteiger partial charge in [0.1, 0.15) is 6.33 Å². The minimum absolute atomic E-state index is 0.0205. The first-order valence-corrected chi connectivity index (χ1v) is 8.84. The van der Waals surface area contributed by atoms with Gasteiger partial charge >= 0.3 is 0 Å². The maximum absolute atomic E-state index is 5.87. The number of halogens is 1. The number of thioether (sulfide) groups is 2. The molecule has 0 fully saturated rings. The molecule has 0 spiro atoms. The van der Waals surface area contributed by atoms with Gasteiger partial charge in [0, 0.05) is 21.4 Å². The van der Waals surface area contributed by atoms with Gasteiger partial charge in [0.15, 0.2) is 5.16 Å². The van der Waals surface area contributed by atoms with Crippen molar-refractivity contribution >= 4 is 35.1 Å². The Bertz CT molecular complexity index is 546. The molecule has 3 nitrogen and oxygen atoms in total. The molecule has 0 aliphatic rings. The third kappa shape index (κ3) is 4.43. The van der Waals surface area contributed by atoms with Crippen LogP contribution in [0.15, 0.2) is 35.7 Å². The zero-order chi connectivity index (χ0) is 14.6. The van der Waals surface area contributed by atoms with Crippen molar-refractivity contribution in [2.24, 2.45) is 0 Å². The lowest BCUT2D eigenvalue weighted by atomic mass is 10.1. The van der Waals surface area contributed by atoms with Crippen LogP contribution < -0.4 is 0 Å². The number of rotatable bonds is 5. The SMILES string of the molecule is CC(C)(C)n1cnnc1SCSCc1ccc(Cl)cc1. The second kappa shape index (κ2) is 6.87. The maximum atomic E-state index is 5.87. The average Bonchev–Trinajstić information content (AvgIpc) is 2.85. The molecule has 0 aliphatic heterocycles. The number of nitrogens with zero attached hydrogens (tertiary/aromatic N) is 3. The van der Waals surface area contributed by atoms with Gasteiger partial charge in [-0.25, -0.2) is 0 Å². The van der Waals surface area contributed by atoms with Crippen molar-refractivity contribution in [1.29, 1.82) is 0 Å². The van der Waals surface area contributed by atoms with Gasteiger partial charge in [-0.15, -0.1) is 22.0 Å². The highest BCUT2D eigenvalue weighted by molar-refractivity contribution is 8.15. The second-order valence-electron chi connectivity index (χ2n) is 5.39. The first-order chi connectivity index (χ1) is 9.47. The van der Waals surface area contributed by atoms with Crippen LogP contribution in [0.1, 0.15) is 26.3 Å². The zero-order valence-electron chi connectivity index (χ0n) is 11.8. The highest BCUT2D eigenvalue weighted by Crippen LogP contribution is 2.27. The lowest BCUT2D eigenvalue weighted by molar-refractivity contribution is 0.367. The first kappa shape index (κ1) is 15.7. The summed E-state index contributed by atoms with van der Waals surface area (Å²) in [5.74, 6) is 0.980. The van der Waals surface area contributed by atoms with E-state index in [2.05, 4.69) is 47.7 Å². The van der Waals surface area contributed by atoms with Crippen molar-refractivity contribution in [3.05, 3.63) is 41.2 Å². The predicted molar refractivity (Wildman–Crippen MR) is 88.5 cm³/mol. The topological polar surface area (TPSA) is 30.7 Å². The summed E-state index contributed by atoms with van der Waals surface area (Å²) in [6.07, 6.45) is 1.80. The van der Waals surface area contributed by atoms with E-state index in [4.69, 9.17) is 11.6 Å². The Kier molecular flexibility index (Phi) is 5.41. The molecule has 0 amide bonds. The molecule has 2 aromatic rings. The summed E-state index contributed by atoms with van der Waals surface area (Å²) >= 11 is 9.47. The molecule has 108 valence electrons. The fraction of sp³-hybridized carbons (Fsp3) is 0.429. The van der Waals surface area contributed by atoms with Gasteiger partial charge in [-0.05, 0) is 38.5 Å². The minimum Gasteiger partial charge on any atom is -0.303 e. The highest BCUT2D eigenvalue weighted by atomic mass is 35.5. The number of aromatic nitrogens is 3. The quantitative estimate of drug-likeness (QED) is 0.453. The summed E-state index contributed by atoms with van der Waals surface area (Å²) in [7, 11) is 0. The third-order valence-electron chi connectivity index (χ3n) is 2.69. The summed E-state index contributed by atoms with van der Waals surface area (Å²) in [6.45, 7) is 6.46. The van der Waals surface area contributed by atoms with Gasteiger partial charge in [0.2, 0.25) is 0 Å². The van der Waals surface area contributed by atoms with E-state index in [9.17, 15) is 0 Å². The van der Waals surface area contributed by atoms with Crippen molar-refractivity contribution in [3.63, 3.8) is 0 Å². The maximum Gasteiger partial charge on any atom is 0.192 e. The molecule has 0 N–H and O–H groups in total. The van der Waals surface area contributed by atoms with Crippen molar-refractivity contribution in [1.82, 2.24) is 14.8 Å². The van der Waals surface area contributed by atoms with Crippen molar-refractivity contribution in [2.45, 2.75) is 37.2 Å². The third-order valence-corrected chi connectivity index (χ3v) is 5.16. The second-order valence-corrected chi connectivity index (χ2v) is 8.12. The zero-order valence-corrected chi connectivity index (χ0v) is 14.2. The van der Waals surface area contributed by atoms with Gasteiger partial charge in [-0.2, -0.15) is 0 Å². The lowest BCUT2D eigenvalue weighted by Gasteiger charge is -2.21. The van der Waals surface area contributed by atoms with Crippen LogP contribution >= 0.6 is 35.1 Å². The van der Waals surface area contributed by atoms with Gasteiger partial charge in [0.25, 0.3) is 0 Å². The van der Waals surface area contributed by atoms with Gasteiger partial charge in [0.05, 0.1) is 0 Å². The van der Waals surface area contributed by atoms with E-state index < -0.39 is 0 Å². The molecule has 0 aliphatic carbocycles. The van der Waals surface area contributed by atoms with Crippen molar-refractivity contribution < 1.29 is 0 Å². The molecule has 0 atom stereocenters. The molecule has 0 unspecified atom stereocenters. The normalized spacial score (nSPS) is 11.8. The predicted octanol–water partition coefficient (Wildman–Crippen LogP) is 4.67. The van der Waals surface area contributed by atoms with Gasteiger partial charge < -0.3 is 4.57 Å². The monoisotopic (exact) mass is 327 g/mol. The van der Waals surface area contributed by atoms with Crippen LogP contribution in [-0.4, -0.2) is 19.8 Å². The van der Waals surface area contributed by atoms with E-state index in [1.807, 2.05) is 23.9 Å². The molecule has 1 aromatic carbocycles. The Labute approximate surface area is 133 Å². The van der Waals surface area contributed by atoms with Crippen LogP contribution in [0, 0.1) is 0 Å². The Morgan fingerprint density at radius 2 is 1.90 bits per heavy atom. The molecule has 0 bridgehead atoms. The highest BCUT2D eigenvalue weighted by Gasteiger charge is 2.17. The molecule has 0 saturated carbocycles. The summed E-state index contributed by atoms with van der Waals surface area (Å²) in [4.78, 5) is 0. The van der Waals surface area contributed by atoms with E-state index in [1.165, 1.54) is 5.56 Å². The molecule has 0 radical (unpaired) electrons. The summed E-state index contributed by atoms with van der Waals surface area (Å²) in [6, 6.07) is 8.00. The Balaban J connectivity index is 1.82. The van der Waals surface area contributed by atoms with Crippen LogP contribution in [0.5, 0.6) is 0 Å². The van der Waals surface area contributed by atoms with Gasteiger partial charge in [-0.1, -0.05) is 35.5 Å². The van der Waals surface area contributed by atoms with Crippen LogP contribution in [0.4, 0.5) is 0 Å². The number of hydrogen-bond donors (Lipinski definition) is 0. The Hall–Kier alpha value is -0.650. The molecule has 1 heterocycles. The van der Waals surface area contributed by atoms with Crippen LogP contribution in [0.25, 0.3) is 0 Å². The molecule has 0 saturated heterocycles. The Morgan fingerprint density at radius 3 is 2.55 bits per heavy atom. The van der Waals surface area contributed by atoms with Crippen molar-refractivity contribution in [2.75, 3.05) is 5.08 Å². The standard InChI is InChI=1S/C14H18ClN3S2/c1-14(2,3)18-9-16-17-13(18)20-10-19-8-11-4-6-12(15)7-5-11/h4-7,9H,8,10H2,1-3H3. The van der Waals surface area contributed by atoms with E-state index in [-0.39, 0.29) is 5.54 Å². The lowest BCUT2D eigenvalue weighted by Crippen LogP contribution is -2.21. The fourth-order valence-electron chi connectivity index (χ4n) is 1.62. The number of benzene rings is 1. The van der Waals surface area contributed by atoms with E-state index in [0.29, 0.717) is 0 Å². The van der Waals surface area contributed by atoms with E-state index in [0.717, 1.165) is 21.0 Å². The summed E-state index contributed by atoms with van der Waals surface area (Å²) in [5.41, 5.74) is 1.31. The molecule has 20 heavy (non-hydrogen) atoms. The number of hydrogen-bond acceptors (Lipinski definition) is 4. The molecule has 1 aromatic heterocycles. The first-order valence-electron chi connectivity index (χ1n) is 6.32. The summed E-state index contributed by atoms with van der Waals surface area (Å²) < 4.78 is 2.11. The molecule has 2 rings (SSSR count). The largest absolute Gasteiger partial charge is 0.303 e. The van der Waals surface area contributed by atoms with Gasteiger partial charge in [-0.3, -0.25) is 0 Å². The molecular weight excluding hydrogens is 310 g/mol. The van der Waals surface area contributed by atoms with E-state index in [1.54, 1.807) is 18.1 Å². The van der Waals surface area contributed by atoms with Crippen LogP contribution in [-0.2, 0) is 11.3 Å². The molecule has 6 heteroatoms. The van der Waals surface area contributed by atoms with Crippen molar-refractivity contribution in [3.8, 4) is 0 Å². The molecular formula is C14H18ClN3S2. The average molecular weight is 328 g/mol. The fourth-order valence-corrected chi connectivity index (χ4v) is 3.82.